The first-order valence-corrected chi connectivity index (χ1v) is 9.03. The van der Waals surface area contributed by atoms with Gasteiger partial charge in [-0.1, -0.05) is 13.3 Å². The Labute approximate surface area is 121 Å². The molecule has 1 aliphatic heterocycles. The van der Waals surface area contributed by atoms with E-state index < -0.39 is 0 Å². The van der Waals surface area contributed by atoms with Gasteiger partial charge in [0.1, 0.15) is 0 Å². The van der Waals surface area contributed by atoms with Crippen LogP contribution < -0.4 is 10.6 Å². The third-order valence-corrected chi connectivity index (χ3v) is 5.92. The van der Waals surface area contributed by atoms with Crippen molar-refractivity contribution in [1.29, 1.82) is 0 Å². The molecule has 2 N–H and O–H groups in total. The zero-order chi connectivity index (χ0) is 13.7. The molecule has 2 rings (SSSR count). The second-order valence-electron chi connectivity index (χ2n) is 6.12. The Morgan fingerprint density at radius 2 is 2.11 bits per heavy atom. The highest BCUT2D eigenvalue weighted by molar-refractivity contribution is 7.99. The van der Waals surface area contributed by atoms with E-state index in [1.54, 1.807) is 0 Å². The van der Waals surface area contributed by atoms with Crippen molar-refractivity contribution in [2.75, 3.05) is 19.3 Å². The minimum Gasteiger partial charge on any atom is -0.353 e. The third-order valence-electron chi connectivity index (χ3n) is 4.82. The van der Waals surface area contributed by atoms with Gasteiger partial charge < -0.3 is 10.6 Å². The molecule has 0 aromatic rings. The normalized spacial score (nSPS) is 30.2. The van der Waals surface area contributed by atoms with Crippen LogP contribution in [-0.4, -0.2) is 36.5 Å². The standard InChI is InChI=1S/C15H28N2OS/c1-3-6-15(7-9-16-10-8-15)14(18)17-12-4-5-13(11-12)19-2/h12-13,16H,3-11H2,1-2H3,(H,17,18). The monoisotopic (exact) mass is 284 g/mol. The highest BCUT2D eigenvalue weighted by Crippen LogP contribution is 2.35. The summed E-state index contributed by atoms with van der Waals surface area (Å²) in [7, 11) is 0. The second kappa shape index (κ2) is 6.98. The first-order chi connectivity index (χ1) is 9.20. The average molecular weight is 284 g/mol. The fourth-order valence-corrected chi connectivity index (χ4v) is 4.39. The lowest BCUT2D eigenvalue weighted by molar-refractivity contribution is -0.133. The number of amides is 1. The summed E-state index contributed by atoms with van der Waals surface area (Å²) in [6.07, 6.45) is 9.92. The molecule has 0 radical (unpaired) electrons. The van der Waals surface area contributed by atoms with E-state index in [1.807, 2.05) is 11.8 Å². The van der Waals surface area contributed by atoms with Crippen molar-refractivity contribution in [2.24, 2.45) is 5.41 Å². The van der Waals surface area contributed by atoms with Crippen molar-refractivity contribution in [3.8, 4) is 0 Å². The molecule has 1 saturated heterocycles. The van der Waals surface area contributed by atoms with E-state index in [0.717, 1.165) is 56.9 Å². The maximum absolute atomic E-state index is 12.7. The fourth-order valence-electron chi connectivity index (χ4n) is 3.60. The summed E-state index contributed by atoms with van der Waals surface area (Å²) < 4.78 is 0. The molecule has 2 fully saturated rings. The van der Waals surface area contributed by atoms with E-state index >= 15 is 0 Å². The Bertz CT molecular complexity index is 297. The molecule has 4 heteroatoms. The second-order valence-corrected chi connectivity index (χ2v) is 7.26. The maximum atomic E-state index is 12.7. The molecule has 1 aliphatic carbocycles. The molecule has 0 spiro atoms. The van der Waals surface area contributed by atoms with Gasteiger partial charge in [-0.3, -0.25) is 4.79 Å². The molecule has 110 valence electrons. The van der Waals surface area contributed by atoms with Crippen molar-refractivity contribution in [3.63, 3.8) is 0 Å². The number of carbonyl (C=O) groups is 1. The molecule has 1 saturated carbocycles. The van der Waals surface area contributed by atoms with Crippen LogP contribution in [0.2, 0.25) is 0 Å². The van der Waals surface area contributed by atoms with E-state index in [4.69, 9.17) is 0 Å². The molecule has 0 aromatic carbocycles. The summed E-state index contributed by atoms with van der Waals surface area (Å²) in [5.74, 6) is 0.336. The predicted octanol–water partition coefficient (Wildman–Crippen LogP) is 2.56. The van der Waals surface area contributed by atoms with Gasteiger partial charge in [0.2, 0.25) is 5.91 Å². The highest BCUT2D eigenvalue weighted by atomic mass is 32.2. The SMILES string of the molecule is CCCC1(C(=O)NC2CCC(SC)C2)CCNCC1. The van der Waals surface area contributed by atoms with Crippen molar-refractivity contribution in [1.82, 2.24) is 10.6 Å². The van der Waals surface area contributed by atoms with Gasteiger partial charge in [-0.05, 0) is 57.9 Å². The number of rotatable bonds is 5. The number of nitrogens with one attached hydrogen (secondary N) is 2. The van der Waals surface area contributed by atoms with Gasteiger partial charge in [-0.25, -0.2) is 0 Å². The van der Waals surface area contributed by atoms with Crippen LogP contribution in [0.1, 0.15) is 51.9 Å². The van der Waals surface area contributed by atoms with E-state index in [-0.39, 0.29) is 5.41 Å². The first-order valence-electron chi connectivity index (χ1n) is 7.74. The Balaban J connectivity index is 1.92. The molecule has 0 bridgehead atoms. The average Bonchev–Trinajstić information content (AvgIpc) is 2.88. The minimum atomic E-state index is -0.0859. The maximum Gasteiger partial charge on any atom is 0.226 e. The van der Waals surface area contributed by atoms with Gasteiger partial charge >= 0.3 is 0 Å². The van der Waals surface area contributed by atoms with Gasteiger partial charge in [0, 0.05) is 11.3 Å². The number of thioether (sulfide) groups is 1. The van der Waals surface area contributed by atoms with Gasteiger partial charge in [0.05, 0.1) is 5.41 Å². The molecule has 2 atom stereocenters. The van der Waals surface area contributed by atoms with Crippen LogP contribution >= 0.6 is 11.8 Å². The van der Waals surface area contributed by atoms with Crippen LogP contribution in [0, 0.1) is 5.41 Å². The van der Waals surface area contributed by atoms with Crippen LogP contribution in [0.3, 0.4) is 0 Å². The predicted molar refractivity (Wildman–Crippen MR) is 82.5 cm³/mol. The Morgan fingerprint density at radius 1 is 1.37 bits per heavy atom. The summed E-state index contributed by atoms with van der Waals surface area (Å²) in [5, 5.41) is 7.49. The summed E-state index contributed by atoms with van der Waals surface area (Å²) >= 11 is 1.95. The molecular formula is C15H28N2OS. The quantitative estimate of drug-likeness (QED) is 0.815. The Morgan fingerprint density at radius 3 is 2.68 bits per heavy atom. The third kappa shape index (κ3) is 3.66. The summed E-state index contributed by atoms with van der Waals surface area (Å²) in [5.41, 5.74) is -0.0859. The van der Waals surface area contributed by atoms with E-state index in [9.17, 15) is 4.79 Å². The van der Waals surface area contributed by atoms with Crippen LogP contribution in [0.15, 0.2) is 0 Å². The van der Waals surface area contributed by atoms with Crippen molar-refractivity contribution >= 4 is 17.7 Å². The highest BCUT2D eigenvalue weighted by Gasteiger charge is 2.40. The number of hydrogen-bond acceptors (Lipinski definition) is 3. The van der Waals surface area contributed by atoms with E-state index in [0.29, 0.717) is 11.9 Å². The Hall–Kier alpha value is -0.220. The van der Waals surface area contributed by atoms with E-state index in [2.05, 4.69) is 23.8 Å². The summed E-state index contributed by atoms with van der Waals surface area (Å²) in [6, 6.07) is 0.425. The first kappa shape index (κ1) is 15.2. The molecule has 1 amide bonds. The number of carbonyl (C=O) groups excluding carboxylic acids is 1. The molecule has 19 heavy (non-hydrogen) atoms. The largest absolute Gasteiger partial charge is 0.353 e. The fraction of sp³-hybridized carbons (Fsp3) is 0.933. The molecule has 3 nitrogen and oxygen atoms in total. The van der Waals surface area contributed by atoms with Crippen LogP contribution in [0.25, 0.3) is 0 Å². The number of piperidine rings is 1. The minimum absolute atomic E-state index is 0.0859. The smallest absolute Gasteiger partial charge is 0.226 e. The van der Waals surface area contributed by atoms with Crippen molar-refractivity contribution in [2.45, 2.75) is 63.2 Å². The topological polar surface area (TPSA) is 41.1 Å². The van der Waals surface area contributed by atoms with Gasteiger partial charge in [-0.15, -0.1) is 0 Å². The molecule has 2 aliphatic rings. The Kier molecular flexibility index (Phi) is 5.58. The lowest BCUT2D eigenvalue weighted by Crippen LogP contribution is -2.49. The summed E-state index contributed by atoms with van der Waals surface area (Å²) in [6.45, 7) is 4.17. The van der Waals surface area contributed by atoms with Crippen LogP contribution in [0.4, 0.5) is 0 Å². The molecule has 2 unspecified atom stereocenters. The van der Waals surface area contributed by atoms with Crippen LogP contribution in [-0.2, 0) is 4.79 Å². The lowest BCUT2D eigenvalue weighted by atomic mass is 9.74. The molecule has 0 aromatic heterocycles. The zero-order valence-corrected chi connectivity index (χ0v) is 13.2. The van der Waals surface area contributed by atoms with Crippen molar-refractivity contribution < 1.29 is 4.79 Å². The van der Waals surface area contributed by atoms with Gasteiger partial charge in [0.25, 0.3) is 0 Å². The van der Waals surface area contributed by atoms with Gasteiger partial charge in [-0.2, -0.15) is 11.8 Å². The van der Waals surface area contributed by atoms with E-state index in [1.165, 1.54) is 6.42 Å². The van der Waals surface area contributed by atoms with Crippen molar-refractivity contribution in [3.05, 3.63) is 0 Å². The van der Waals surface area contributed by atoms with Gasteiger partial charge in [0.15, 0.2) is 0 Å². The lowest BCUT2D eigenvalue weighted by Gasteiger charge is -2.37. The van der Waals surface area contributed by atoms with Crippen LogP contribution in [0.5, 0.6) is 0 Å². The summed E-state index contributed by atoms with van der Waals surface area (Å²) in [4.78, 5) is 12.7. The molecular weight excluding hydrogens is 256 g/mol. The zero-order valence-electron chi connectivity index (χ0n) is 12.3. The molecule has 1 heterocycles. The number of hydrogen-bond donors (Lipinski definition) is 2.